The predicted molar refractivity (Wildman–Crippen MR) is 97.9 cm³/mol. The maximum Gasteiger partial charge on any atom is 0.333 e. The first kappa shape index (κ1) is 18.3. The van der Waals surface area contributed by atoms with Gasteiger partial charge in [-0.3, -0.25) is 4.79 Å². The number of benzene rings is 2. The van der Waals surface area contributed by atoms with Crippen molar-refractivity contribution in [1.82, 2.24) is 15.0 Å². The van der Waals surface area contributed by atoms with Crippen molar-refractivity contribution in [3.05, 3.63) is 60.7 Å². The van der Waals surface area contributed by atoms with E-state index < -0.39 is 11.4 Å². The number of nitrogens with zero attached hydrogens (tertiary/aromatic N) is 3. The third-order valence-corrected chi connectivity index (χ3v) is 3.27. The summed E-state index contributed by atoms with van der Waals surface area (Å²) in [6.07, 6.45) is 0. The van der Waals surface area contributed by atoms with E-state index in [-0.39, 0.29) is 18.0 Å². The molecule has 0 saturated carbocycles. The molecule has 138 valence electrons. The van der Waals surface area contributed by atoms with Gasteiger partial charge in [0.2, 0.25) is 0 Å². The van der Waals surface area contributed by atoms with Crippen molar-refractivity contribution in [3.63, 3.8) is 0 Å². The molecule has 1 heterocycles. The molecule has 3 rings (SSSR count). The second-order valence-electron chi connectivity index (χ2n) is 6.65. The predicted octanol–water partition coefficient (Wildman–Crippen LogP) is 4.41. The van der Waals surface area contributed by atoms with Gasteiger partial charge in [0.15, 0.2) is 0 Å². The summed E-state index contributed by atoms with van der Waals surface area (Å²) in [6.45, 7) is 5.21. The van der Waals surface area contributed by atoms with Gasteiger partial charge in [-0.15, -0.1) is 15.0 Å². The van der Waals surface area contributed by atoms with Gasteiger partial charge in [-0.25, -0.2) is 0 Å². The van der Waals surface area contributed by atoms with Crippen molar-refractivity contribution in [2.45, 2.75) is 20.8 Å². The molecule has 0 amide bonds. The van der Waals surface area contributed by atoms with E-state index in [0.717, 1.165) is 0 Å². The summed E-state index contributed by atoms with van der Waals surface area (Å²) >= 11 is 0. The number of para-hydroxylation sites is 2. The summed E-state index contributed by atoms with van der Waals surface area (Å²) in [7, 11) is 0. The molecule has 0 aliphatic carbocycles. The Balaban J connectivity index is 1.90. The zero-order valence-corrected chi connectivity index (χ0v) is 15.2. The van der Waals surface area contributed by atoms with Gasteiger partial charge in [0, 0.05) is 0 Å². The van der Waals surface area contributed by atoms with Crippen LogP contribution in [0.25, 0.3) is 0 Å². The molecule has 0 atom stereocenters. The van der Waals surface area contributed by atoms with Gasteiger partial charge in [-0.1, -0.05) is 36.4 Å². The largest absolute Gasteiger partial charge is 0.424 e. The number of esters is 1. The number of hydrogen-bond acceptors (Lipinski definition) is 7. The molecule has 27 heavy (non-hydrogen) atoms. The average molecular weight is 365 g/mol. The zero-order valence-electron chi connectivity index (χ0n) is 15.2. The van der Waals surface area contributed by atoms with Crippen molar-refractivity contribution >= 4 is 5.97 Å². The minimum absolute atomic E-state index is 0.0427. The average Bonchev–Trinajstić information content (AvgIpc) is 2.62. The Morgan fingerprint density at radius 3 is 1.52 bits per heavy atom. The van der Waals surface area contributed by atoms with E-state index in [9.17, 15) is 4.79 Å². The standard InChI is InChI=1S/C20H19N3O4/c1-20(2,3)16(24)27-19-22-17(25-14-10-6-4-7-11-14)21-18(23-19)26-15-12-8-5-9-13-15/h4-13H,1-3H3. The first-order valence-corrected chi connectivity index (χ1v) is 8.34. The van der Waals surface area contributed by atoms with E-state index in [1.807, 2.05) is 36.4 Å². The molecule has 3 aromatic rings. The fourth-order valence-electron chi connectivity index (χ4n) is 1.88. The number of ether oxygens (including phenoxy) is 3. The van der Waals surface area contributed by atoms with Crippen LogP contribution in [0.15, 0.2) is 60.7 Å². The second-order valence-corrected chi connectivity index (χ2v) is 6.65. The molecule has 0 saturated heterocycles. The van der Waals surface area contributed by atoms with Gasteiger partial charge in [0.25, 0.3) is 0 Å². The van der Waals surface area contributed by atoms with Gasteiger partial charge in [-0.2, -0.15) is 0 Å². The molecule has 0 unspecified atom stereocenters. The SMILES string of the molecule is CC(C)(C)C(=O)Oc1nc(Oc2ccccc2)nc(Oc2ccccc2)n1. The van der Waals surface area contributed by atoms with Crippen molar-refractivity contribution in [1.29, 1.82) is 0 Å². The lowest BCUT2D eigenvalue weighted by Crippen LogP contribution is -2.26. The maximum absolute atomic E-state index is 12.2. The molecular weight excluding hydrogens is 346 g/mol. The normalized spacial score (nSPS) is 10.9. The third kappa shape index (κ3) is 5.24. The van der Waals surface area contributed by atoms with Crippen LogP contribution in [0.2, 0.25) is 0 Å². The van der Waals surface area contributed by atoms with Crippen LogP contribution in [-0.4, -0.2) is 20.9 Å². The van der Waals surface area contributed by atoms with Gasteiger partial charge >= 0.3 is 24.0 Å². The Hall–Kier alpha value is -3.48. The highest BCUT2D eigenvalue weighted by atomic mass is 16.6. The minimum atomic E-state index is -0.715. The molecule has 0 fully saturated rings. The topological polar surface area (TPSA) is 83.4 Å². The molecule has 1 aromatic heterocycles. The molecule has 0 aliphatic rings. The monoisotopic (exact) mass is 365 g/mol. The number of carbonyl (C=O) groups excluding carboxylic acids is 1. The highest BCUT2D eigenvalue weighted by Crippen LogP contribution is 2.25. The Morgan fingerprint density at radius 2 is 1.11 bits per heavy atom. The Labute approximate surface area is 157 Å². The van der Waals surface area contributed by atoms with E-state index in [0.29, 0.717) is 11.5 Å². The molecule has 0 radical (unpaired) electrons. The van der Waals surface area contributed by atoms with Crippen molar-refractivity contribution in [3.8, 4) is 29.5 Å². The quantitative estimate of drug-likeness (QED) is 0.619. The smallest absolute Gasteiger partial charge is 0.333 e. The summed E-state index contributed by atoms with van der Waals surface area (Å²) in [6, 6.07) is 17.7. The van der Waals surface area contributed by atoms with Crippen LogP contribution in [0.5, 0.6) is 29.5 Å². The van der Waals surface area contributed by atoms with E-state index in [1.165, 1.54) is 0 Å². The summed E-state index contributed by atoms with van der Waals surface area (Å²) in [5.74, 6) is 0.579. The molecule has 0 spiro atoms. The number of hydrogen-bond donors (Lipinski definition) is 0. The summed E-state index contributed by atoms with van der Waals surface area (Å²) in [5.41, 5.74) is -0.715. The lowest BCUT2D eigenvalue weighted by Gasteiger charge is -2.15. The fourth-order valence-corrected chi connectivity index (χ4v) is 1.88. The van der Waals surface area contributed by atoms with Crippen LogP contribution in [0.4, 0.5) is 0 Å². The first-order chi connectivity index (χ1) is 12.9. The number of rotatable bonds is 5. The van der Waals surface area contributed by atoms with Crippen LogP contribution >= 0.6 is 0 Å². The zero-order chi connectivity index (χ0) is 19.3. The van der Waals surface area contributed by atoms with Crippen molar-refractivity contribution in [2.24, 2.45) is 5.41 Å². The van der Waals surface area contributed by atoms with Gasteiger partial charge in [-0.05, 0) is 45.0 Å². The second kappa shape index (κ2) is 7.82. The van der Waals surface area contributed by atoms with Crippen molar-refractivity contribution in [2.75, 3.05) is 0 Å². The Morgan fingerprint density at radius 1 is 0.704 bits per heavy atom. The summed E-state index contributed by atoms with van der Waals surface area (Å²) in [5, 5.41) is 0. The van der Waals surface area contributed by atoms with Crippen LogP contribution in [0, 0.1) is 5.41 Å². The Kier molecular flexibility index (Phi) is 5.30. The first-order valence-electron chi connectivity index (χ1n) is 8.34. The Bertz CT molecular complexity index is 850. The molecule has 0 bridgehead atoms. The minimum Gasteiger partial charge on any atom is -0.424 e. The summed E-state index contributed by atoms with van der Waals surface area (Å²) in [4.78, 5) is 24.4. The van der Waals surface area contributed by atoms with Gasteiger partial charge in [0.05, 0.1) is 5.41 Å². The van der Waals surface area contributed by atoms with E-state index >= 15 is 0 Å². The lowest BCUT2D eigenvalue weighted by atomic mass is 9.98. The van der Waals surface area contributed by atoms with E-state index in [4.69, 9.17) is 14.2 Å². The van der Waals surface area contributed by atoms with E-state index in [2.05, 4.69) is 15.0 Å². The van der Waals surface area contributed by atoms with Gasteiger partial charge in [0.1, 0.15) is 11.5 Å². The van der Waals surface area contributed by atoms with Crippen LogP contribution in [-0.2, 0) is 4.79 Å². The molecule has 7 heteroatoms. The fraction of sp³-hybridized carbons (Fsp3) is 0.200. The van der Waals surface area contributed by atoms with E-state index in [1.54, 1.807) is 45.0 Å². The van der Waals surface area contributed by atoms with Gasteiger partial charge < -0.3 is 14.2 Å². The molecular formula is C20H19N3O4. The number of aromatic nitrogens is 3. The maximum atomic E-state index is 12.2. The highest BCUT2D eigenvalue weighted by molar-refractivity contribution is 5.77. The van der Waals surface area contributed by atoms with Crippen LogP contribution in [0.1, 0.15) is 20.8 Å². The van der Waals surface area contributed by atoms with Crippen molar-refractivity contribution < 1.29 is 19.0 Å². The molecule has 0 aliphatic heterocycles. The third-order valence-electron chi connectivity index (χ3n) is 3.27. The van der Waals surface area contributed by atoms with Crippen LogP contribution < -0.4 is 14.2 Å². The van der Waals surface area contributed by atoms with Crippen LogP contribution in [0.3, 0.4) is 0 Å². The lowest BCUT2D eigenvalue weighted by molar-refractivity contribution is -0.143. The molecule has 2 aromatic carbocycles. The summed E-state index contributed by atoms with van der Waals surface area (Å²) < 4.78 is 16.5. The molecule has 0 N–H and O–H groups in total. The highest BCUT2D eigenvalue weighted by Gasteiger charge is 2.25. The number of carbonyl (C=O) groups is 1. The molecule has 7 nitrogen and oxygen atoms in total.